The number of hydrogen-bond acceptors (Lipinski definition) is 3. The molecule has 0 heterocycles. The van der Waals surface area contributed by atoms with Crippen molar-refractivity contribution in [3.8, 4) is 0 Å². The Morgan fingerprint density at radius 1 is 1.39 bits per heavy atom. The van der Waals surface area contributed by atoms with Gasteiger partial charge in [0.25, 0.3) is 0 Å². The molecule has 18 heavy (non-hydrogen) atoms. The van der Waals surface area contributed by atoms with Gasteiger partial charge >= 0.3 is 6.09 Å². The second-order valence-electron chi connectivity index (χ2n) is 5.15. The molecule has 0 spiro atoms. The summed E-state index contributed by atoms with van der Waals surface area (Å²) < 4.78 is 5.05. The van der Waals surface area contributed by atoms with Gasteiger partial charge in [0.05, 0.1) is 0 Å². The van der Waals surface area contributed by atoms with Crippen molar-refractivity contribution in [3.63, 3.8) is 0 Å². The van der Waals surface area contributed by atoms with Crippen LogP contribution in [0.25, 0.3) is 0 Å². The molecule has 4 heteroatoms. The third-order valence-electron chi connectivity index (χ3n) is 3.02. The maximum atomic E-state index is 10.7. The normalized spacial score (nSPS) is 11.3. The number of aryl methyl sites for hydroxylation is 2. The van der Waals surface area contributed by atoms with Crippen LogP contribution in [-0.2, 0) is 17.7 Å². The van der Waals surface area contributed by atoms with E-state index in [4.69, 9.17) is 16.2 Å². The lowest BCUT2D eigenvalue weighted by atomic mass is 9.96. The zero-order valence-electron chi connectivity index (χ0n) is 11.3. The molecule has 0 saturated heterocycles. The molecule has 1 rings (SSSR count). The fourth-order valence-corrected chi connectivity index (χ4v) is 1.91. The minimum atomic E-state index is -0.727. The van der Waals surface area contributed by atoms with Crippen LogP contribution in [0.1, 0.15) is 37.0 Å². The Morgan fingerprint density at radius 2 is 2.06 bits per heavy atom. The van der Waals surface area contributed by atoms with Gasteiger partial charge in [-0.25, -0.2) is 4.79 Å². The smallest absolute Gasteiger partial charge is 0.405 e. The number of primary amides is 1. The molecule has 1 aromatic rings. The van der Waals surface area contributed by atoms with E-state index in [1.54, 1.807) is 0 Å². The van der Waals surface area contributed by atoms with E-state index in [1.165, 1.54) is 11.1 Å². The lowest BCUT2D eigenvalue weighted by Gasteiger charge is -2.24. The van der Waals surface area contributed by atoms with Crippen molar-refractivity contribution in [2.75, 3.05) is 0 Å². The molecule has 0 aliphatic heterocycles. The van der Waals surface area contributed by atoms with Crippen molar-refractivity contribution in [3.05, 3.63) is 34.9 Å². The highest BCUT2D eigenvalue weighted by atomic mass is 16.6. The largest absolute Gasteiger partial charge is 0.444 e. The summed E-state index contributed by atoms with van der Waals surface area (Å²) in [6.45, 7) is 6.33. The number of carbonyl (C=O) groups is 1. The lowest BCUT2D eigenvalue weighted by Crippen LogP contribution is -2.31. The average Bonchev–Trinajstić information content (AvgIpc) is 2.25. The van der Waals surface area contributed by atoms with Gasteiger partial charge in [0.15, 0.2) is 0 Å². The van der Waals surface area contributed by atoms with Crippen LogP contribution in [-0.4, -0.2) is 11.7 Å². The van der Waals surface area contributed by atoms with E-state index >= 15 is 0 Å². The van der Waals surface area contributed by atoms with Crippen LogP contribution in [0.4, 0.5) is 4.79 Å². The van der Waals surface area contributed by atoms with Crippen molar-refractivity contribution < 1.29 is 9.53 Å². The average molecular weight is 250 g/mol. The molecule has 0 radical (unpaired) electrons. The number of nitrogens with two attached hydrogens (primary N) is 2. The van der Waals surface area contributed by atoms with Crippen molar-refractivity contribution in [1.29, 1.82) is 0 Å². The summed E-state index contributed by atoms with van der Waals surface area (Å²) in [5.74, 6) is 0. The van der Waals surface area contributed by atoms with E-state index < -0.39 is 11.7 Å². The highest BCUT2D eigenvalue weighted by Gasteiger charge is 2.21. The highest BCUT2D eigenvalue weighted by Crippen LogP contribution is 2.19. The fourth-order valence-electron chi connectivity index (χ4n) is 1.91. The van der Waals surface area contributed by atoms with Crippen molar-refractivity contribution in [2.24, 2.45) is 11.5 Å². The van der Waals surface area contributed by atoms with Gasteiger partial charge in [0, 0.05) is 6.54 Å². The quantitative estimate of drug-likeness (QED) is 0.841. The summed E-state index contributed by atoms with van der Waals surface area (Å²) in [6, 6.07) is 6.24. The molecule has 0 saturated carbocycles. The molecule has 0 atom stereocenters. The maximum Gasteiger partial charge on any atom is 0.405 e. The van der Waals surface area contributed by atoms with Crippen molar-refractivity contribution in [1.82, 2.24) is 0 Å². The van der Waals surface area contributed by atoms with Crippen LogP contribution in [0.3, 0.4) is 0 Å². The Balaban J connectivity index is 2.63. The van der Waals surface area contributed by atoms with Crippen molar-refractivity contribution >= 4 is 6.09 Å². The van der Waals surface area contributed by atoms with Crippen molar-refractivity contribution in [2.45, 2.75) is 45.8 Å². The first-order chi connectivity index (χ1) is 8.34. The van der Waals surface area contributed by atoms with Gasteiger partial charge in [0.2, 0.25) is 0 Å². The molecule has 4 nitrogen and oxygen atoms in total. The Hall–Kier alpha value is -1.55. The van der Waals surface area contributed by atoms with Gasteiger partial charge in [-0.2, -0.15) is 0 Å². The second kappa shape index (κ2) is 5.87. The summed E-state index contributed by atoms with van der Waals surface area (Å²) in [7, 11) is 0. The predicted molar refractivity (Wildman–Crippen MR) is 72.1 cm³/mol. The minimum Gasteiger partial charge on any atom is -0.444 e. The van der Waals surface area contributed by atoms with E-state index in [9.17, 15) is 4.79 Å². The monoisotopic (exact) mass is 250 g/mol. The van der Waals surface area contributed by atoms with Crippen LogP contribution in [0.15, 0.2) is 18.2 Å². The zero-order valence-corrected chi connectivity index (χ0v) is 11.3. The van der Waals surface area contributed by atoms with Gasteiger partial charge in [-0.3, -0.25) is 0 Å². The molecule has 0 aliphatic rings. The highest BCUT2D eigenvalue weighted by molar-refractivity contribution is 5.65. The van der Waals surface area contributed by atoms with Crippen LogP contribution in [0.2, 0.25) is 0 Å². The maximum absolute atomic E-state index is 10.7. The topological polar surface area (TPSA) is 78.3 Å². The first kappa shape index (κ1) is 14.5. The number of carbonyl (C=O) groups excluding carboxylic acids is 1. The number of ether oxygens (including phenoxy) is 1. The number of amides is 1. The Labute approximate surface area is 108 Å². The second-order valence-corrected chi connectivity index (χ2v) is 5.15. The Bertz CT molecular complexity index is 428. The number of rotatable bonds is 5. The van der Waals surface area contributed by atoms with E-state index in [-0.39, 0.29) is 0 Å². The zero-order chi connectivity index (χ0) is 13.8. The molecular formula is C14H22N2O2. The van der Waals surface area contributed by atoms with Gasteiger partial charge in [-0.1, -0.05) is 18.2 Å². The predicted octanol–water partition coefficient (Wildman–Crippen LogP) is 2.26. The van der Waals surface area contributed by atoms with E-state index in [0.717, 1.165) is 18.4 Å². The Kier molecular flexibility index (Phi) is 4.73. The molecule has 0 bridgehead atoms. The molecule has 0 aliphatic carbocycles. The fraction of sp³-hybridized carbons (Fsp3) is 0.500. The molecule has 0 unspecified atom stereocenters. The van der Waals surface area contributed by atoms with Gasteiger partial charge in [-0.15, -0.1) is 0 Å². The molecular weight excluding hydrogens is 228 g/mol. The lowest BCUT2D eigenvalue weighted by molar-refractivity contribution is 0.0394. The van der Waals surface area contributed by atoms with E-state index in [1.807, 2.05) is 19.9 Å². The van der Waals surface area contributed by atoms with Gasteiger partial charge in [-0.05, 0) is 50.3 Å². The third-order valence-corrected chi connectivity index (χ3v) is 3.02. The first-order valence-corrected chi connectivity index (χ1v) is 6.11. The SMILES string of the molecule is Cc1cc(CCC(C)(C)OC(N)=O)ccc1CN. The molecule has 1 aromatic carbocycles. The minimum absolute atomic E-state index is 0.535. The number of benzene rings is 1. The van der Waals surface area contributed by atoms with E-state index in [0.29, 0.717) is 6.54 Å². The van der Waals surface area contributed by atoms with Crippen LogP contribution in [0.5, 0.6) is 0 Å². The molecule has 4 N–H and O–H groups in total. The third kappa shape index (κ3) is 4.37. The van der Waals surface area contributed by atoms with Gasteiger partial charge < -0.3 is 16.2 Å². The summed E-state index contributed by atoms with van der Waals surface area (Å²) in [5.41, 5.74) is 13.7. The van der Waals surface area contributed by atoms with Crippen LogP contribution < -0.4 is 11.5 Å². The standard InChI is InChI=1S/C14H22N2O2/c1-10-8-11(4-5-12(10)9-15)6-7-14(2,3)18-13(16)17/h4-5,8H,6-7,9,15H2,1-3H3,(H2,16,17). The van der Waals surface area contributed by atoms with E-state index in [2.05, 4.69) is 19.1 Å². The molecule has 0 aromatic heterocycles. The van der Waals surface area contributed by atoms with Gasteiger partial charge in [0.1, 0.15) is 5.60 Å². The summed E-state index contributed by atoms with van der Waals surface area (Å²) in [4.78, 5) is 10.7. The summed E-state index contributed by atoms with van der Waals surface area (Å²) in [6.07, 6.45) is 0.846. The summed E-state index contributed by atoms with van der Waals surface area (Å²) >= 11 is 0. The first-order valence-electron chi connectivity index (χ1n) is 6.11. The van der Waals surface area contributed by atoms with Crippen LogP contribution >= 0.6 is 0 Å². The molecule has 0 fully saturated rings. The number of hydrogen-bond donors (Lipinski definition) is 2. The molecule has 100 valence electrons. The Morgan fingerprint density at radius 3 is 2.56 bits per heavy atom. The molecule has 1 amide bonds. The van der Waals surface area contributed by atoms with Crippen LogP contribution in [0, 0.1) is 6.92 Å². The summed E-state index contributed by atoms with van der Waals surface area (Å²) in [5, 5.41) is 0.